The molecule has 2 aromatic carbocycles. The van der Waals surface area contributed by atoms with Crippen molar-refractivity contribution in [2.24, 2.45) is 0 Å². The monoisotopic (exact) mass is 355 g/mol. The van der Waals surface area contributed by atoms with Gasteiger partial charge in [-0.2, -0.15) is 0 Å². The molecule has 0 atom stereocenters. The van der Waals surface area contributed by atoms with Gasteiger partial charge in [0.15, 0.2) is 0 Å². The van der Waals surface area contributed by atoms with E-state index in [-0.39, 0.29) is 0 Å². The lowest BCUT2D eigenvalue weighted by Gasteiger charge is -2.03. The van der Waals surface area contributed by atoms with Crippen molar-refractivity contribution in [1.29, 1.82) is 0 Å². The Morgan fingerprint density at radius 3 is 2.55 bits per heavy atom. The van der Waals surface area contributed by atoms with Crippen LogP contribution in [0.15, 0.2) is 69.6 Å². The third-order valence-corrected chi connectivity index (χ3v) is 4.47. The highest BCUT2D eigenvalue weighted by Crippen LogP contribution is 2.26. The number of halogens is 1. The van der Waals surface area contributed by atoms with Crippen molar-refractivity contribution >= 4 is 15.9 Å². The van der Waals surface area contributed by atoms with E-state index < -0.39 is 0 Å². The fourth-order valence-electron chi connectivity index (χ4n) is 2.35. The molecular formula is C19H18BrNO. The normalized spacial score (nSPS) is 10.8. The predicted octanol–water partition coefficient (Wildman–Crippen LogP) is 5.31. The number of aryl methyl sites for hydroxylation is 1. The molecule has 0 radical (unpaired) electrons. The van der Waals surface area contributed by atoms with Crippen LogP contribution >= 0.6 is 15.9 Å². The maximum absolute atomic E-state index is 5.92. The van der Waals surface area contributed by atoms with E-state index in [4.69, 9.17) is 4.42 Å². The van der Waals surface area contributed by atoms with Gasteiger partial charge in [-0.3, -0.25) is 0 Å². The number of benzene rings is 2. The summed E-state index contributed by atoms with van der Waals surface area (Å²) in [6, 6.07) is 20.7. The van der Waals surface area contributed by atoms with Crippen LogP contribution < -0.4 is 5.32 Å². The summed E-state index contributed by atoms with van der Waals surface area (Å²) in [6.07, 6.45) is 0. The first-order valence-corrected chi connectivity index (χ1v) is 8.11. The molecule has 22 heavy (non-hydrogen) atoms. The Hall–Kier alpha value is -1.84. The largest absolute Gasteiger partial charge is 0.460 e. The van der Waals surface area contributed by atoms with Crippen molar-refractivity contribution < 1.29 is 4.42 Å². The van der Waals surface area contributed by atoms with Gasteiger partial charge in [0.25, 0.3) is 0 Å². The zero-order valence-electron chi connectivity index (χ0n) is 12.5. The summed E-state index contributed by atoms with van der Waals surface area (Å²) in [5.41, 5.74) is 3.59. The smallest absolute Gasteiger partial charge is 0.134 e. The summed E-state index contributed by atoms with van der Waals surface area (Å²) in [4.78, 5) is 0. The lowest BCUT2D eigenvalue weighted by atomic mass is 10.1. The van der Waals surface area contributed by atoms with Gasteiger partial charge in [0.1, 0.15) is 11.5 Å². The molecule has 1 aromatic heterocycles. The molecule has 1 heterocycles. The van der Waals surface area contributed by atoms with E-state index in [9.17, 15) is 0 Å². The number of furan rings is 1. The Morgan fingerprint density at radius 2 is 1.77 bits per heavy atom. The van der Waals surface area contributed by atoms with E-state index in [0.717, 1.165) is 34.6 Å². The molecule has 0 amide bonds. The first-order chi connectivity index (χ1) is 10.7. The van der Waals surface area contributed by atoms with Crippen molar-refractivity contribution in [1.82, 2.24) is 5.32 Å². The van der Waals surface area contributed by atoms with Gasteiger partial charge < -0.3 is 9.73 Å². The second-order valence-electron chi connectivity index (χ2n) is 5.32. The second kappa shape index (κ2) is 6.95. The van der Waals surface area contributed by atoms with Gasteiger partial charge in [-0.25, -0.2) is 0 Å². The van der Waals surface area contributed by atoms with Gasteiger partial charge in [-0.15, -0.1) is 0 Å². The molecule has 3 aromatic rings. The molecule has 3 rings (SSSR count). The van der Waals surface area contributed by atoms with Crippen LogP contribution in [0.1, 0.15) is 16.9 Å². The Kier molecular flexibility index (Phi) is 4.76. The van der Waals surface area contributed by atoms with E-state index in [1.54, 1.807) is 0 Å². The third-order valence-electron chi connectivity index (χ3n) is 3.58. The molecule has 0 aliphatic carbocycles. The highest BCUT2D eigenvalue weighted by Gasteiger charge is 2.06. The van der Waals surface area contributed by atoms with Crippen LogP contribution in [0.3, 0.4) is 0 Å². The fraction of sp³-hybridized carbons (Fsp3) is 0.158. The summed E-state index contributed by atoms with van der Waals surface area (Å²) in [5.74, 6) is 1.86. The Labute approximate surface area is 139 Å². The standard InChI is InChI=1S/C19H18BrNO/c1-14-11-16(7-9-18(14)20)19-10-8-17(22-19)13-21-12-15-5-3-2-4-6-15/h2-11,21H,12-13H2,1H3. The van der Waals surface area contributed by atoms with Crippen molar-refractivity contribution in [3.05, 3.63) is 82.0 Å². The van der Waals surface area contributed by atoms with Crippen molar-refractivity contribution in [2.45, 2.75) is 20.0 Å². The summed E-state index contributed by atoms with van der Waals surface area (Å²) >= 11 is 3.52. The summed E-state index contributed by atoms with van der Waals surface area (Å²) in [5, 5.41) is 3.40. The van der Waals surface area contributed by atoms with Crippen molar-refractivity contribution in [2.75, 3.05) is 0 Å². The van der Waals surface area contributed by atoms with Gasteiger partial charge in [-0.1, -0.05) is 52.3 Å². The highest BCUT2D eigenvalue weighted by molar-refractivity contribution is 9.10. The number of hydrogen-bond acceptors (Lipinski definition) is 2. The Morgan fingerprint density at radius 1 is 0.955 bits per heavy atom. The summed E-state index contributed by atoms with van der Waals surface area (Å²) < 4.78 is 7.04. The minimum atomic E-state index is 0.727. The zero-order valence-corrected chi connectivity index (χ0v) is 14.1. The first-order valence-electron chi connectivity index (χ1n) is 7.32. The highest BCUT2D eigenvalue weighted by atomic mass is 79.9. The minimum absolute atomic E-state index is 0.727. The fourth-order valence-corrected chi connectivity index (χ4v) is 2.60. The van der Waals surface area contributed by atoms with Gasteiger partial charge in [-0.05, 0) is 42.3 Å². The predicted molar refractivity (Wildman–Crippen MR) is 93.6 cm³/mol. The van der Waals surface area contributed by atoms with Crippen LogP contribution in [-0.4, -0.2) is 0 Å². The molecule has 112 valence electrons. The van der Waals surface area contributed by atoms with Crippen LogP contribution in [0, 0.1) is 6.92 Å². The maximum Gasteiger partial charge on any atom is 0.134 e. The van der Waals surface area contributed by atoms with E-state index in [1.807, 2.05) is 18.2 Å². The van der Waals surface area contributed by atoms with Crippen LogP contribution in [0.2, 0.25) is 0 Å². The lowest BCUT2D eigenvalue weighted by molar-refractivity contribution is 0.493. The maximum atomic E-state index is 5.92. The van der Waals surface area contributed by atoms with Gasteiger partial charge in [0.05, 0.1) is 6.54 Å². The molecular weight excluding hydrogens is 338 g/mol. The van der Waals surface area contributed by atoms with Crippen molar-refractivity contribution in [3.63, 3.8) is 0 Å². The molecule has 0 saturated carbocycles. The van der Waals surface area contributed by atoms with E-state index in [1.165, 1.54) is 11.1 Å². The number of nitrogens with one attached hydrogen (secondary N) is 1. The molecule has 0 bridgehead atoms. The Balaban J connectivity index is 1.62. The van der Waals surface area contributed by atoms with E-state index >= 15 is 0 Å². The zero-order chi connectivity index (χ0) is 15.4. The average molecular weight is 356 g/mol. The molecule has 0 spiro atoms. The molecule has 0 aliphatic heterocycles. The minimum Gasteiger partial charge on any atom is -0.460 e. The molecule has 0 fully saturated rings. The van der Waals surface area contributed by atoms with Crippen LogP contribution in [0.25, 0.3) is 11.3 Å². The number of rotatable bonds is 5. The van der Waals surface area contributed by atoms with Gasteiger partial charge >= 0.3 is 0 Å². The van der Waals surface area contributed by atoms with Gasteiger partial charge in [0.2, 0.25) is 0 Å². The molecule has 0 saturated heterocycles. The average Bonchev–Trinajstić information content (AvgIpc) is 3.00. The Bertz CT molecular complexity index is 749. The quantitative estimate of drug-likeness (QED) is 0.670. The van der Waals surface area contributed by atoms with Gasteiger partial charge in [0, 0.05) is 16.6 Å². The SMILES string of the molecule is Cc1cc(-c2ccc(CNCc3ccccc3)o2)ccc1Br. The molecule has 2 nitrogen and oxygen atoms in total. The van der Waals surface area contributed by atoms with E-state index in [2.05, 4.69) is 70.6 Å². The summed E-state index contributed by atoms with van der Waals surface area (Å²) in [6.45, 7) is 3.65. The number of hydrogen-bond donors (Lipinski definition) is 1. The van der Waals surface area contributed by atoms with Crippen LogP contribution in [0.4, 0.5) is 0 Å². The van der Waals surface area contributed by atoms with Crippen LogP contribution in [0.5, 0.6) is 0 Å². The van der Waals surface area contributed by atoms with Crippen LogP contribution in [-0.2, 0) is 13.1 Å². The van der Waals surface area contributed by atoms with E-state index in [0.29, 0.717) is 0 Å². The summed E-state index contributed by atoms with van der Waals surface area (Å²) in [7, 11) is 0. The molecule has 3 heteroatoms. The topological polar surface area (TPSA) is 25.2 Å². The molecule has 0 unspecified atom stereocenters. The first kappa shape index (κ1) is 15.1. The second-order valence-corrected chi connectivity index (χ2v) is 6.17. The third kappa shape index (κ3) is 3.67. The van der Waals surface area contributed by atoms with Crippen molar-refractivity contribution in [3.8, 4) is 11.3 Å². The lowest BCUT2D eigenvalue weighted by Crippen LogP contribution is -2.11. The molecule has 1 N–H and O–H groups in total. The molecule has 0 aliphatic rings.